The van der Waals surface area contributed by atoms with Gasteiger partial charge in [0.25, 0.3) is 0 Å². The molecule has 0 spiro atoms. The molecule has 98 valence electrons. The van der Waals surface area contributed by atoms with E-state index < -0.39 is 23.6 Å². The van der Waals surface area contributed by atoms with E-state index in [2.05, 4.69) is 0 Å². The highest BCUT2D eigenvalue weighted by molar-refractivity contribution is 5.90. The predicted octanol–water partition coefficient (Wildman–Crippen LogP) is 1.73. The van der Waals surface area contributed by atoms with Crippen LogP contribution in [-0.4, -0.2) is 22.6 Å². The number of carboxylic acids is 1. The fraction of sp³-hybridized carbons (Fsp3) is 0.385. The Hall–Kier alpha value is -1.88. The topological polar surface area (TPSA) is 89.6 Å². The molecule has 0 heterocycles. The van der Waals surface area contributed by atoms with Crippen LogP contribution in [0.5, 0.6) is 0 Å². The molecule has 0 aromatic heterocycles. The van der Waals surface area contributed by atoms with Crippen LogP contribution in [0.3, 0.4) is 0 Å². The molecule has 1 rings (SSSR count). The number of rotatable bonds is 3. The summed E-state index contributed by atoms with van der Waals surface area (Å²) in [5.74, 6) is -1.64. The average Bonchev–Trinajstić information content (AvgIpc) is 2.25. The van der Waals surface area contributed by atoms with Crippen molar-refractivity contribution >= 4 is 11.9 Å². The second-order valence-electron chi connectivity index (χ2n) is 4.94. The fourth-order valence-corrected chi connectivity index (χ4v) is 1.34. The molecule has 1 aromatic rings. The zero-order chi connectivity index (χ0) is 13.9. The zero-order valence-electron chi connectivity index (χ0n) is 10.6. The standard InChI is InChI=1S/C13H17NO4/c1-13(2,3)18-12(17)9-6-4-5-8(7-9)10(14)11(15)16/h4-7,10H,14H2,1-3H3,(H,15,16). The molecular formula is C13H17NO4. The maximum Gasteiger partial charge on any atom is 0.338 e. The third kappa shape index (κ3) is 3.85. The molecule has 0 amide bonds. The SMILES string of the molecule is CC(C)(C)OC(=O)c1cccc(C(N)C(=O)O)c1. The van der Waals surface area contributed by atoms with Gasteiger partial charge in [-0.15, -0.1) is 0 Å². The summed E-state index contributed by atoms with van der Waals surface area (Å²) in [6.07, 6.45) is 0. The third-order valence-corrected chi connectivity index (χ3v) is 2.15. The summed E-state index contributed by atoms with van der Waals surface area (Å²) in [5, 5.41) is 8.81. The molecular weight excluding hydrogens is 234 g/mol. The van der Waals surface area contributed by atoms with Crippen LogP contribution in [0.1, 0.15) is 42.7 Å². The van der Waals surface area contributed by atoms with Crippen LogP contribution in [0.15, 0.2) is 24.3 Å². The molecule has 0 fully saturated rings. The summed E-state index contributed by atoms with van der Waals surface area (Å²) >= 11 is 0. The summed E-state index contributed by atoms with van der Waals surface area (Å²) in [7, 11) is 0. The van der Waals surface area contributed by atoms with E-state index in [9.17, 15) is 9.59 Å². The number of carbonyl (C=O) groups is 2. The lowest BCUT2D eigenvalue weighted by Crippen LogP contribution is -2.24. The van der Waals surface area contributed by atoms with Gasteiger partial charge in [-0.05, 0) is 38.5 Å². The van der Waals surface area contributed by atoms with Gasteiger partial charge in [0.15, 0.2) is 0 Å². The summed E-state index contributed by atoms with van der Waals surface area (Å²) in [5.41, 5.74) is 5.54. The van der Waals surface area contributed by atoms with Crippen LogP contribution in [0, 0.1) is 0 Å². The molecule has 0 saturated heterocycles. The molecule has 0 bridgehead atoms. The molecule has 1 atom stereocenters. The van der Waals surface area contributed by atoms with Gasteiger partial charge in [-0.3, -0.25) is 4.79 Å². The lowest BCUT2D eigenvalue weighted by molar-refractivity contribution is -0.138. The predicted molar refractivity (Wildman–Crippen MR) is 66.2 cm³/mol. The van der Waals surface area contributed by atoms with Gasteiger partial charge in [-0.25, -0.2) is 4.79 Å². The maximum absolute atomic E-state index is 11.8. The summed E-state index contributed by atoms with van der Waals surface area (Å²) < 4.78 is 5.19. The molecule has 1 unspecified atom stereocenters. The van der Waals surface area contributed by atoms with E-state index in [1.165, 1.54) is 6.07 Å². The lowest BCUT2D eigenvalue weighted by Gasteiger charge is -2.19. The Kier molecular flexibility index (Phi) is 4.08. The first kappa shape index (κ1) is 14.2. The summed E-state index contributed by atoms with van der Waals surface area (Å²) in [4.78, 5) is 22.6. The Balaban J connectivity index is 2.95. The summed E-state index contributed by atoms with van der Waals surface area (Å²) in [6.45, 7) is 5.28. The number of carbonyl (C=O) groups excluding carboxylic acids is 1. The molecule has 1 aromatic carbocycles. The first-order chi connectivity index (χ1) is 8.20. The van der Waals surface area contributed by atoms with Crippen molar-refractivity contribution in [3.8, 4) is 0 Å². The molecule has 0 saturated carbocycles. The van der Waals surface area contributed by atoms with Crippen molar-refractivity contribution in [1.82, 2.24) is 0 Å². The molecule has 0 aliphatic heterocycles. The number of esters is 1. The van der Waals surface area contributed by atoms with Gasteiger partial charge in [-0.2, -0.15) is 0 Å². The minimum absolute atomic E-state index is 0.291. The van der Waals surface area contributed by atoms with E-state index >= 15 is 0 Å². The van der Waals surface area contributed by atoms with Crippen LogP contribution in [-0.2, 0) is 9.53 Å². The van der Waals surface area contributed by atoms with E-state index in [4.69, 9.17) is 15.6 Å². The van der Waals surface area contributed by atoms with Crippen LogP contribution < -0.4 is 5.73 Å². The molecule has 0 aliphatic carbocycles. The van der Waals surface area contributed by atoms with Crippen molar-refractivity contribution in [2.24, 2.45) is 5.73 Å². The largest absolute Gasteiger partial charge is 0.480 e. The Labute approximate surface area is 106 Å². The van der Waals surface area contributed by atoms with Gasteiger partial charge in [0.05, 0.1) is 5.56 Å². The van der Waals surface area contributed by atoms with Crippen molar-refractivity contribution in [3.63, 3.8) is 0 Å². The first-order valence-electron chi connectivity index (χ1n) is 5.52. The number of nitrogens with two attached hydrogens (primary N) is 1. The van der Waals surface area contributed by atoms with Gasteiger partial charge in [0.2, 0.25) is 0 Å². The highest BCUT2D eigenvalue weighted by Crippen LogP contribution is 2.16. The Morgan fingerprint density at radius 3 is 2.44 bits per heavy atom. The van der Waals surface area contributed by atoms with Gasteiger partial charge < -0.3 is 15.6 Å². The first-order valence-corrected chi connectivity index (χ1v) is 5.52. The minimum Gasteiger partial charge on any atom is -0.480 e. The van der Waals surface area contributed by atoms with Crippen molar-refractivity contribution in [2.75, 3.05) is 0 Å². The number of hydrogen-bond donors (Lipinski definition) is 2. The Bertz CT molecular complexity index is 462. The maximum atomic E-state index is 11.8. The number of aliphatic carboxylic acids is 1. The van der Waals surface area contributed by atoms with E-state index in [0.29, 0.717) is 11.1 Å². The van der Waals surface area contributed by atoms with E-state index in [1.807, 2.05) is 0 Å². The van der Waals surface area contributed by atoms with Gasteiger partial charge in [-0.1, -0.05) is 12.1 Å². The molecule has 5 heteroatoms. The van der Waals surface area contributed by atoms with Crippen LogP contribution in [0.4, 0.5) is 0 Å². The van der Waals surface area contributed by atoms with Crippen molar-refractivity contribution in [2.45, 2.75) is 32.4 Å². The minimum atomic E-state index is -1.15. The van der Waals surface area contributed by atoms with Crippen LogP contribution in [0.2, 0.25) is 0 Å². The monoisotopic (exact) mass is 251 g/mol. The number of hydrogen-bond acceptors (Lipinski definition) is 4. The molecule has 5 nitrogen and oxygen atoms in total. The van der Waals surface area contributed by atoms with Crippen molar-refractivity contribution < 1.29 is 19.4 Å². The average molecular weight is 251 g/mol. The summed E-state index contributed by atoms with van der Waals surface area (Å²) in [6, 6.07) is 5.00. The van der Waals surface area contributed by atoms with E-state index in [-0.39, 0.29) is 0 Å². The number of benzene rings is 1. The number of ether oxygens (including phenoxy) is 1. The molecule has 0 radical (unpaired) electrons. The third-order valence-electron chi connectivity index (χ3n) is 2.15. The van der Waals surface area contributed by atoms with E-state index in [0.717, 1.165) is 0 Å². The Morgan fingerprint density at radius 1 is 1.33 bits per heavy atom. The van der Waals surface area contributed by atoms with Gasteiger partial charge in [0, 0.05) is 0 Å². The number of carboxylic acid groups (broad SMARTS) is 1. The van der Waals surface area contributed by atoms with Crippen molar-refractivity contribution in [3.05, 3.63) is 35.4 Å². The van der Waals surface area contributed by atoms with Crippen LogP contribution in [0.25, 0.3) is 0 Å². The second kappa shape index (κ2) is 5.18. The fourth-order valence-electron chi connectivity index (χ4n) is 1.34. The quantitative estimate of drug-likeness (QED) is 0.798. The zero-order valence-corrected chi connectivity index (χ0v) is 10.6. The van der Waals surface area contributed by atoms with Crippen molar-refractivity contribution in [1.29, 1.82) is 0 Å². The van der Waals surface area contributed by atoms with Gasteiger partial charge >= 0.3 is 11.9 Å². The highest BCUT2D eigenvalue weighted by Gasteiger charge is 2.20. The molecule has 18 heavy (non-hydrogen) atoms. The molecule has 3 N–H and O–H groups in total. The lowest BCUT2D eigenvalue weighted by atomic mass is 10.0. The van der Waals surface area contributed by atoms with Crippen LogP contribution >= 0.6 is 0 Å². The molecule has 0 aliphatic rings. The van der Waals surface area contributed by atoms with Gasteiger partial charge in [0.1, 0.15) is 11.6 Å². The highest BCUT2D eigenvalue weighted by atomic mass is 16.6. The normalized spacial score (nSPS) is 12.9. The smallest absolute Gasteiger partial charge is 0.338 e. The second-order valence-corrected chi connectivity index (χ2v) is 4.94. The van der Waals surface area contributed by atoms with E-state index in [1.54, 1.807) is 39.0 Å². The Morgan fingerprint density at radius 2 is 1.94 bits per heavy atom.